The molecule has 1 amide bonds. The minimum atomic E-state index is -0.519. The van der Waals surface area contributed by atoms with Crippen LogP contribution >= 0.6 is 11.6 Å². The van der Waals surface area contributed by atoms with Crippen LogP contribution in [0, 0.1) is 0 Å². The van der Waals surface area contributed by atoms with Crippen molar-refractivity contribution in [3.05, 3.63) is 59.1 Å². The molecule has 0 bridgehead atoms. The first-order valence-electron chi connectivity index (χ1n) is 6.38. The van der Waals surface area contributed by atoms with Crippen LogP contribution in [0.3, 0.4) is 0 Å². The Hall–Kier alpha value is -2.00. The molecule has 0 atom stereocenters. The number of ether oxygens (including phenoxy) is 1. The molecule has 2 aromatic rings. The van der Waals surface area contributed by atoms with Gasteiger partial charge in [0.15, 0.2) is 0 Å². The van der Waals surface area contributed by atoms with Crippen molar-refractivity contribution in [3.8, 4) is 11.1 Å². The van der Waals surface area contributed by atoms with Gasteiger partial charge in [-0.05, 0) is 35.7 Å². The molecule has 0 fully saturated rings. The first-order chi connectivity index (χ1) is 9.69. The summed E-state index contributed by atoms with van der Waals surface area (Å²) in [4.78, 5) is 11.1. The van der Waals surface area contributed by atoms with Gasteiger partial charge in [0, 0.05) is 5.02 Å². The summed E-state index contributed by atoms with van der Waals surface area (Å²) in [5.74, 6) is 0. The Balaban J connectivity index is 1.99. The number of halogens is 1. The van der Waals surface area contributed by atoms with Gasteiger partial charge in [0.05, 0.1) is 13.2 Å². The molecule has 1 radical (unpaired) electrons. The van der Waals surface area contributed by atoms with Crippen LogP contribution in [-0.4, -0.2) is 12.7 Å². The molecule has 20 heavy (non-hydrogen) atoms. The SMILES string of the molecule is CCOC(=O)[N]Cc1ccc(-c2ccc(Cl)cc2)cc1. The fraction of sp³-hybridized carbons (Fsp3) is 0.188. The normalized spacial score (nSPS) is 10.1. The van der Waals surface area contributed by atoms with E-state index in [9.17, 15) is 4.79 Å². The molecule has 0 saturated heterocycles. The third-order valence-electron chi connectivity index (χ3n) is 2.79. The van der Waals surface area contributed by atoms with Crippen molar-refractivity contribution < 1.29 is 9.53 Å². The molecular weight excluding hydrogens is 274 g/mol. The molecule has 0 aliphatic heterocycles. The first kappa shape index (κ1) is 14.4. The van der Waals surface area contributed by atoms with E-state index < -0.39 is 6.09 Å². The molecule has 0 aliphatic rings. The maximum atomic E-state index is 11.1. The summed E-state index contributed by atoms with van der Waals surface area (Å²) in [6.45, 7) is 2.44. The molecule has 0 saturated carbocycles. The fourth-order valence-corrected chi connectivity index (χ4v) is 1.90. The van der Waals surface area contributed by atoms with E-state index >= 15 is 0 Å². The van der Waals surface area contributed by atoms with Crippen molar-refractivity contribution in [2.24, 2.45) is 0 Å². The third-order valence-corrected chi connectivity index (χ3v) is 3.04. The van der Waals surface area contributed by atoms with E-state index in [1.807, 2.05) is 48.5 Å². The van der Waals surface area contributed by atoms with Gasteiger partial charge < -0.3 is 4.74 Å². The van der Waals surface area contributed by atoms with E-state index in [4.69, 9.17) is 16.3 Å². The Morgan fingerprint density at radius 3 is 2.15 bits per heavy atom. The van der Waals surface area contributed by atoms with Crippen LogP contribution in [0.15, 0.2) is 48.5 Å². The van der Waals surface area contributed by atoms with E-state index in [1.165, 1.54) is 0 Å². The van der Waals surface area contributed by atoms with Crippen molar-refractivity contribution in [1.29, 1.82) is 0 Å². The summed E-state index contributed by atoms with van der Waals surface area (Å²) in [6, 6.07) is 15.6. The van der Waals surface area contributed by atoms with E-state index in [0.29, 0.717) is 13.2 Å². The van der Waals surface area contributed by atoms with Crippen LogP contribution in [0.5, 0.6) is 0 Å². The Bertz CT molecular complexity index is 564. The standard InChI is InChI=1S/C16H15ClNO2/c1-2-20-16(19)18-11-12-3-5-13(6-4-12)14-7-9-15(17)10-8-14/h3-10H,2,11H2,1H3. The zero-order valence-corrected chi connectivity index (χ0v) is 11.9. The van der Waals surface area contributed by atoms with Crippen LogP contribution < -0.4 is 5.32 Å². The van der Waals surface area contributed by atoms with Gasteiger partial charge >= 0.3 is 6.09 Å². The summed E-state index contributed by atoms with van der Waals surface area (Å²) >= 11 is 5.86. The molecule has 0 N–H and O–H groups in total. The number of rotatable bonds is 4. The lowest BCUT2D eigenvalue weighted by Gasteiger charge is -2.05. The predicted octanol–water partition coefficient (Wildman–Crippen LogP) is 4.27. The van der Waals surface area contributed by atoms with Gasteiger partial charge in [0.2, 0.25) is 0 Å². The highest BCUT2D eigenvalue weighted by molar-refractivity contribution is 6.30. The maximum Gasteiger partial charge on any atom is 0.429 e. The van der Waals surface area contributed by atoms with E-state index in [1.54, 1.807) is 6.92 Å². The van der Waals surface area contributed by atoms with Crippen LogP contribution in [0.25, 0.3) is 11.1 Å². The van der Waals surface area contributed by atoms with Crippen molar-refractivity contribution >= 4 is 17.7 Å². The fourth-order valence-electron chi connectivity index (χ4n) is 1.77. The lowest BCUT2D eigenvalue weighted by molar-refractivity contribution is 0.150. The Morgan fingerprint density at radius 2 is 1.60 bits per heavy atom. The van der Waals surface area contributed by atoms with Crippen LogP contribution in [0.2, 0.25) is 5.02 Å². The van der Waals surface area contributed by atoms with Gasteiger partial charge in [-0.1, -0.05) is 48.0 Å². The second kappa shape index (κ2) is 6.96. The second-order valence-corrected chi connectivity index (χ2v) is 4.66. The van der Waals surface area contributed by atoms with Gasteiger partial charge in [-0.3, -0.25) is 0 Å². The number of carbonyl (C=O) groups excluding carboxylic acids is 1. The quantitative estimate of drug-likeness (QED) is 0.843. The molecule has 2 aromatic carbocycles. The van der Waals surface area contributed by atoms with Crippen molar-refractivity contribution in [3.63, 3.8) is 0 Å². The predicted molar refractivity (Wildman–Crippen MR) is 79.7 cm³/mol. The summed E-state index contributed by atoms with van der Waals surface area (Å²) in [5.41, 5.74) is 3.17. The highest BCUT2D eigenvalue weighted by Gasteiger charge is 2.03. The number of hydrogen-bond acceptors (Lipinski definition) is 2. The van der Waals surface area contributed by atoms with Crippen LogP contribution in [0.4, 0.5) is 4.79 Å². The third kappa shape index (κ3) is 4.00. The lowest BCUT2D eigenvalue weighted by atomic mass is 10.0. The summed E-state index contributed by atoms with van der Waals surface area (Å²) in [6.07, 6.45) is -0.519. The maximum absolute atomic E-state index is 11.1. The van der Waals surface area contributed by atoms with Gasteiger partial charge in [-0.25, -0.2) is 10.1 Å². The highest BCUT2D eigenvalue weighted by atomic mass is 35.5. The zero-order valence-electron chi connectivity index (χ0n) is 11.2. The molecule has 2 rings (SSSR count). The van der Waals surface area contributed by atoms with E-state index in [-0.39, 0.29) is 0 Å². The average Bonchev–Trinajstić information content (AvgIpc) is 2.47. The van der Waals surface area contributed by atoms with Gasteiger partial charge in [-0.15, -0.1) is 0 Å². The number of amides is 1. The number of hydrogen-bond donors (Lipinski definition) is 0. The largest absolute Gasteiger partial charge is 0.448 e. The number of benzene rings is 2. The molecular formula is C16H15ClNO2. The minimum absolute atomic E-state index is 0.333. The minimum Gasteiger partial charge on any atom is -0.448 e. The number of carbonyl (C=O) groups is 1. The Morgan fingerprint density at radius 1 is 1.05 bits per heavy atom. The van der Waals surface area contributed by atoms with Gasteiger partial charge in [-0.2, -0.15) is 0 Å². The monoisotopic (exact) mass is 288 g/mol. The zero-order chi connectivity index (χ0) is 14.4. The number of nitrogens with zero attached hydrogens (tertiary/aromatic N) is 1. The molecule has 3 nitrogen and oxygen atoms in total. The molecule has 0 aliphatic carbocycles. The molecule has 0 heterocycles. The Labute approximate surface area is 123 Å². The first-order valence-corrected chi connectivity index (χ1v) is 6.76. The topological polar surface area (TPSA) is 40.4 Å². The summed E-state index contributed by atoms with van der Waals surface area (Å²) < 4.78 is 4.75. The Kier molecular flexibility index (Phi) is 5.02. The van der Waals surface area contributed by atoms with E-state index in [2.05, 4.69) is 5.32 Å². The van der Waals surface area contributed by atoms with Crippen LogP contribution in [-0.2, 0) is 11.3 Å². The second-order valence-electron chi connectivity index (χ2n) is 4.22. The van der Waals surface area contributed by atoms with Crippen molar-refractivity contribution in [1.82, 2.24) is 5.32 Å². The van der Waals surface area contributed by atoms with Crippen LogP contribution in [0.1, 0.15) is 12.5 Å². The van der Waals surface area contributed by atoms with Crippen molar-refractivity contribution in [2.75, 3.05) is 6.61 Å². The van der Waals surface area contributed by atoms with Crippen molar-refractivity contribution in [2.45, 2.75) is 13.5 Å². The molecule has 103 valence electrons. The highest BCUT2D eigenvalue weighted by Crippen LogP contribution is 2.21. The summed E-state index contributed by atoms with van der Waals surface area (Å²) in [7, 11) is 0. The summed E-state index contributed by atoms with van der Waals surface area (Å²) in [5, 5.41) is 4.54. The average molecular weight is 289 g/mol. The molecule has 0 aromatic heterocycles. The molecule has 0 spiro atoms. The van der Waals surface area contributed by atoms with Gasteiger partial charge in [0.25, 0.3) is 0 Å². The smallest absolute Gasteiger partial charge is 0.429 e. The molecule has 4 heteroatoms. The van der Waals surface area contributed by atoms with E-state index in [0.717, 1.165) is 21.7 Å². The lowest BCUT2D eigenvalue weighted by Crippen LogP contribution is -2.16. The van der Waals surface area contributed by atoms with Gasteiger partial charge in [0.1, 0.15) is 0 Å². The molecule has 0 unspecified atom stereocenters.